The molecule has 0 radical (unpaired) electrons. The second kappa shape index (κ2) is 9.40. The van der Waals surface area contributed by atoms with E-state index in [2.05, 4.69) is 19.9 Å². The summed E-state index contributed by atoms with van der Waals surface area (Å²) in [4.78, 5) is 17.6. The van der Waals surface area contributed by atoms with Gasteiger partial charge < -0.3 is 19.3 Å². The molecule has 0 fully saturated rings. The number of nitrogens with two attached hydrogens (primary N) is 1. The first kappa shape index (κ1) is 22.4. The molecule has 3 aromatic heterocycles. The van der Waals surface area contributed by atoms with Crippen molar-refractivity contribution in [1.29, 1.82) is 0 Å². The van der Waals surface area contributed by atoms with Gasteiger partial charge in [0.15, 0.2) is 26.5 Å². The van der Waals surface area contributed by atoms with Crippen molar-refractivity contribution in [2.24, 2.45) is 0 Å². The predicted molar refractivity (Wildman–Crippen MR) is 124 cm³/mol. The molecule has 2 N–H and O–H groups in total. The van der Waals surface area contributed by atoms with E-state index in [0.29, 0.717) is 41.1 Å². The van der Waals surface area contributed by atoms with E-state index >= 15 is 0 Å². The Morgan fingerprint density at radius 1 is 1.19 bits per heavy atom. The third-order valence-corrected chi connectivity index (χ3v) is 8.73. The minimum absolute atomic E-state index is 0.170. The summed E-state index contributed by atoms with van der Waals surface area (Å²) in [6.07, 6.45) is 1.55. The van der Waals surface area contributed by atoms with Crippen molar-refractivity contribution in [3.8, 4) is 0 Å². The van der Waals surface area contributed by atoms with Crippen molar-refractivity contribution in [1.82, 2.24) is 24.5 Å². The van der Waals surface area contributed by atoms with Crippen molar-refractivity contribution in [3.05, 3.63) is 29.5 Å². The lowest BCUT2D eigenvalue weighted by Crippen LogP contribution is -2.09. The Morgan fingerprint density at radius 3 is 2.68 bits per heavy atom. The van der Waals surface area contributed by atoms with E-state index in [1.165, 1.54) is 29.4 Å². The third-order valence-electron chi connectivity index (χ3n) is 4.30. The molecule has 0 atom stereocenters. The molecule has 31 heavy (non-hydrogen) atoms. The number of hydrogen-bond donors (Lipinski definition) is 1. The van der Waals surface area contributed by atoms with Gasteiger partial charge in [0.1, 0.15) is 11.8 Å². The maximum absolute atomic E-state index is 13.0. The summed E-state index contributed by atoms with van der Waals surface area (Å²) in [6.45, 7) is 4.48. The highest BCUT2D eigenvalue weighted by atomic mass is 35.5. The van der Waals surface area contributed by atoms with Crippen LogP contribution in [0.1, 0.15) is 13.8 Å². The van der Waals surface area contributed by atoms with E-state index in [4.69, 9.17) is 26.4 Å². The summed E-state index contributed by atoms with van der Waals surface area (Å²) in [5.41, 5.74) is 7.79. The predicted octanol–water partition coefficient (Wildman–Crippen LogP) is 5.09. The summed E-state index contributed by atoms with van der Waals surface area (Å²) < 4.78 is 27.4. The summed E-state index contributed by atoms with van der Waals surface area (Å²) in [5.74, 6) is 0.274. The lowest BCUT2D eigenvalue weighted by atomic mass is 10.3. The SMILES string of the molecule is CCOP(=O)(CCn1c(Sc2nc3c(Cl)cccc3s2)nc2c(N)ncnc21)OCC. The smallest absolute Gasteiger partial charge is 0.332 e. The van der Waals surface area contributed by atoms with E-state index < -0.39 is 7.60 Å². The van der Waals surface area contributed by atoms with E-state index in [1.54, 1.807) is 13.8 Å². The number of halogens is 1. The average Bonchev–Trinajstić information content (AvgIpc) is 3.30. The zero-order chi connectivity index (χ0) is 22.0. The van der Waals surface area contributed by atoms with Gasteiger partial charge in [-0.15, -0.1) is 11.3 Å². The van der Waals surface area contributed by atoms with Crippen molar-refractivity contribution in [2.75, 3.05) is 25.1 Å². The van der Waals surface area contributed by atoms with Crippen LogP contribution < -0.4 is 5.73 Å². The lowest BCUT2D eigenvalue weighted by Gasteiger charge is -2.17. The Balaban J connectivity index is 1.71. The van der Waals surface area contributed by atoms with Gasteiger partial charge in [-0.1, -0.05) is 17.7 Å². The molecule has 0 saturated heterocycles. The first-order chi connectivity index (χ1) is 14.9. The van der Waals surface area contributed by atoms with Crippen LogP contribution >= 0.6 is 42.3 Å². The molecule has 0 aliphatic carbocycles. The van der Waals surface area contributed by atoms with E-state index in [9.17, 15) is 4.57 Å². The Morgan fingerprint density at radius 2 is 1.97 bits per heavy atom. The molecule has 0 amide bonds. The summed E-state index contributed by atoms with van der Waals surface area (Å²) in [7, 11) is -3.25. The summed E-state index contributed by atoms with van der Waals surface area (Å²) in [5, 5.41) is 1.20. The topological polar surface area (TPSA) is 118 Å². The number of imidazole rings is 1. The molecule has 4 rings (SSSR count). The maximum atomic E-state index is 13.0. The standard InChI is InChI=1S/C18H20ClN6O3PS2/c1-3-27-29(26,28-4-2)9-8-25-16-14(15(20)21-10-22-16)23-17(25)31-18-24-13-11(19)6-5-7-12(13)30-18/h5-7,10H,3-4,8-9H2,1-2H3,(H2,20,21,22). The quantitative estimate of drug-likeness (QED) is 0.315. The summed E-state index contributed by atoms with van der Waals surface area (Å²) >= 11 is 9.15. The highest BCUT2D eigenvalue weighted by Gasteiger charge is 2.26. The van der Waals surface area contributed by atoms with Gasteiger partial charge in [-0.2, -0.15) is 0 Å². The Hall–Kier alpha value is -1.75. The van der Waals surface area contributed by atoms with Crippen molar-refractivity contribution >= 4 is 69.5 Å². The second-order valence-corrected chi connectivity index (χ2v) is 11.2. The fourth-order valence-corrected chi connectivity index (χ4v) is 6.95. The molecule has 4 aromatic rings. The molecule has 3 heterocycles. The highest BCUT2D eigenvalue weighted by Crippen LogP contribution is 2.48. The average molecular weight is 499 g/mol. The number of para-hydroxylation sites is 1. The lowest BCUT2D eigenvalue weighted by molar-refractivity contribution is 0.219. The largest absolute Gasteiger partial charge is 0.382 e. The minimum Gasteiger partial charge on any atom is -0.382 e. The van der Waals surface area contributed by atoms with Crippen LogP contribution in [0.5, 0.6) is 0 Å². The van der Waals surface area contributed by atoms with Crippen LogP contribution in [0.3, 0.4) is 0 Å². The van der Waals surface area contributed by atoms with Gasteiger partial charge in [0.2, 0.25) is 0 Å². The molecule has 0 aliphatic rings. The van der Waals surface area contributed by atoms with Crippen LogP contribution in [0.4, 0.5) is 5.82 Å². The van der Waals surface area contributed by atoms with Crippen LogP contribution in [0.25, 0.3) is 21.4 Å². The number of aryl methyl sites for hydroxylation is 1. The van der Waals surface area contributed by atoms with Crippen LogP contribution in [0.2, 0.25) is 5.02 Å². The zero-order valence-corrected chi connectivity index (χ0v) is 20.1. The van der Waals surface area contributed by atoms with E-state index in [0.717, 1.165) is 14.6 Å². The molecule has 0 saturated carbocycles. The van der Waals surface area contributed by atoms with Crippen LogP contribution in [-0.4, -0.2) is 43.9 Å². The first-order valence-electron chi connectivity index (χ1n) is 9.52. The van der Waals surface area contributed by atoms with E-state index in [-0.39, 0.29) is 12.0 Å². The Labute approximate surface area is 191 Å². The van der Waals surface area contributed by atoms with Gasteiger partial charge in [0.25, 0.3) is 0 Å². The van der Waals surface area contributed by atoms with Crippen LogP contribution in [0.15, 0.2) is 34.0 Å². The number of benzene rings is 1. The molecule has 0 bridgehead atoms. The van der Waals surface area contributed by atoms with Crippen molar-refractivity contribution in [2.45, 2.75) is 29.9 Å². The van der Waals surface area contributed by atoms with Gasteiger partial charge >= 0.3 is 7.60 Å². The fourth-order valence-electron chi connectivity index (χ4n) is 3.01. The molecular formula is C18H20ClN6O3PS2. The molecule has 0 aliphatic heterocycles. The van der Waals surface area contributed by atoms with Gasteiger partial charge in [-0.05, 0) is 37.7 Å². The third kappa shape index (κ3) is 4.72. The molecule has 0 unspecified atom stereocenters. The zero-order valence-electron chi connectivity index (χ0n) is 16.8. The molecule has 164 valence electrons. The number of anilines is 1. The van der Waals surface area contributed by atoms with Crippen LogP contribution in [-0.2, 0) is 20.2 Å². The minimum atomic E-state index is -3.25. The van der Waals surface area contributed by atoms with Gasteiger partial charge in [0, 0.05) is 6.54 Å². The van der Waals surface area contributed by atoms with Gasteiger partial charge in [0.05, 0.1) is 29.1 Å². The van der Waals surface area contributed by atoms with Crippen molar-refractivity contribution < 1.29 is 13.6 Å². The number of rotatable bonds is 9. The normalized spacial score (nSPS) is 12.2. The summed E-state index contributed by atoms with van der Waals surface area (Å²) in [6, 6.07) is 5.67. The van der Waals surface area contributed by atoms with Gasteiger partial charge in [-0.3, -0.25) is 4.57 Å². The van der Waals surface area contributed by atoms with Crippen molar-refractivity contribution in [3.63, 3.8) is 0 Å². The highest BCUT2D eigenvalue weighted by molar-refractivity contribution is 8.01. The monoisotopic (exact) mass is 498 g/mol. The number of nitrogens with zero attached hydrogens (tertiary/aromatic N) is 5. The number of fused-ring (bicyclic) bond motifs is 2. The molecule has 9 nitrogen and oxygen atoms in total. The first-order valence-corrected chi connectivity index (χ1v) is 13.3. The Kier molecular flexibility index (Phi) is 6.80. The second-order valence-electron chi connectivity index (χ2n) is 6.32. The number of aromatic nitrogens is 5. The molecule has 0 spiro atoms. The molecular weight excluding hydrogens is 479 g/mol. The molecule has 13 heteroatoms. The Bertz CT molecular complexity index is 1270. The van der Waals surface area contributed by atoms with Crippen LogP contribution in [0, 0.1) is 0 Å². The number of nitrogen functional groups attached to an aromatic ring is 1. The number of hydrogen-bond acceptors (Lipinski definition) is 10. The maximum Gasteiger partial charge on any atom is 0.332 e. The van der Waals surface area contributed by atoms with Gasteiger partial charge in [-0.25, -0.2) is 19.9 Å². The van der Waals surface area contributed by atoms with E-state index in [1.807, 2.05) is 22.8 Å². The fraction of sp³-hybridized carbons (Fsp3) is 0.333. The molecule has 1 aromatic carbocycles. The number of thiazole rings is 1.